The summed E-state index contributed by atoms with van der Waals surface area (Å²) < 4.78 is 0. The van der Waals surface area contributed by atoms with Crippen LogP contribution in [0.3, 0.4) is 0 Å². The Morgan fingerprint density at radius 3 is 0.863 bits per heavy atom. The van der Waals surface area contributed by atoms with E-state index in [9.17, 15) is 0 Å². The second-order valence-corrected chi connectivity index (χ2v) is 31.1. The topological polar surface area (TPSA) is 6.48 Å². The zero-order valence-electron chi connectivity index (χ0n) is 63.3. The minimum absolute atomic E-state index is 0.0561. The predicted octanol–water partition coefficient (Wildman–Crippen LogP) is 28.6. The Bertz CT molecular complexity index is 4530. The molecule has 0 aliphatic heterocycles. The van der Waals surface area contributed by atoms with E-state index in [4.69, 9.17) is 0 Å². The maximum atomic E-state index is 2.56. The van der Waals surface area contributed by atoms with Crippen molar-refractivity contribution in [3.8, 4) is 55.6 Å². The van der Waals surface area contributed by atoms with Gasteiger partial charge in [-0.1, -0.05) is 356 Å². The van der Waals surface area contributed by atoms with Gasteiger partial charge in [-0.2, -0.15) is 0 Å². The van der Waals surface area contributed by atoms with Gasteiger partial charge in [0, 0.05) is 58.5 Å². The van der Waals surface area contributed by atoms with Gasteiger partial charge in [-0.05, 0) is 194 Å². The molecule has 1 unspecified atom stereocenters. The smallest absolute Gasteiger partial charge is 0.0423 e. The van der Waals surface area contributed by atoms with Crippen molar-refractivity contribution in [3.05, 3.63) is 310 Å². The molecule has 0 fully saturated rings. The molecule has 13 rings (SSSR count). The highest BCUT2D eigenvalue weighted by Gasteiger charge is 2.44. The molecule has 522 valence electrons. The Hall–Kier alpha value is -8.98. The summed E-state index contributed by atoms with van der Waals surface area (Å²) in [4.78, 5) is 4.79. The van der Waals surface area contributed by atoms with E-state index in [0.717, 1.165) is 0 Å². The van der Waals surface area contributed by atoms with Crippen LogP contribution >= 0.6 is 0 Å². The summed E-state index contributed by atoms with van der Waals surface area (Å²) >= 11 is 0. The van der Waals surface area contributed by atoms with Crippen LogP contribution in [0.15, 0.2) is 255 Å². The van der Waals surface area contributed by atoms with Crippen LogP contribution in [0.25, 0.3) is 55.6 Å². The van der Waals surface area contributed by atoms with Gasteiger partial charge in [0.05, 0.1) is 0 Å². The standard InChI is InChI=1S/C100H112N2/c1-11-15-19-27-67-99(68-28-20-16-12-2)93-33-25-23-31-89(93)91-65-63-87(71-95(91)99)101(9)85-59-45-78(46-60-85)75-39-49-80(50-40-75)97(6,7)81-55-57-84(58-56-81)98(8,82-51-41-76(42-52-82)74-37-35-73(5)36-38-74)83-53-43-77(44-54-83)79-47-61-86(62-48-79)102(10)88-64-66-92-90-32-24-26-34-94(90)100(96(92)72-88,69-29-21-17-13-3)70-30-22-18-14-4/h23-26,31-66,71-72H,11-22,27-30,67-70H2,1-10H3. The predicted molar refractivity (Wildman–Crippen MR) is 441 cm³/mol. The minimum Gasteiger partial charge on any atom is -0.345 e. The summed E-state index contributed by atoms with van der Waals surface area (Å²) in [7, 11) is 4.49. The fourth-order valence-electron chi connectivity index (χ4n) is 17.8. The number of benzene rings is 11. The van der Waals surface area contributed by atoms with Gasteiger partial charge in [-0.3, -0.25) is 0 Å². The van der Waals surface area contributed by atoms with Crippen molar-refractivity contribution >= 4 is 22.7 Å². The maximum absolute atomic E-state index is 2.56. The lowest BCUT2D eigenvalue weighted by atomic mass is 9.69. The van der Waals surface area contributed by atoms with Crippen LogP contribution < -0.4 is 9.80 Å². The van der Waals surface area contributed by atoms with Crippen LogP contribution in [0.2, 0.25) is 0 Å². The van der Waals surface area contributed by atoms with Crippen LogP contribution in [0.5, 0.6) is 0 Å². The third-order valence-electron chi connectivity index (χ3n) is 24.4. The van der Waals surface area contributed by atoms with Crippen LogP contribution in [-0.2, 0) is 21.7 Å². The molecule has 0 aromatic heterocycles. The fraction of sp³-hybridized carbons (Fsp3) is 0.340. The van der Waals surface area contributed by atoms with Crippen LogP contribution in [0, 0.1) is 6.92 Å². The van der Waals surface area contributed by atoms with E-state index >= 15 is 0 Å². The summed E-state index contributed by atoms with van der Waals surface area (Å²) in [5.74, 6) is 0. The fourth-order valence-corrected chi connectivity index (χ4v) is 17.8. The second kappa shape index (κ2) is 31.7. The number of unbranched alkanes of at least 4 members (excludes halogenated alkanes) is 12. The molecule has 0 N–H and O–H groups in total. The lowest BCUT2D eigenvalue weighted by Gasteiger charge is -2.34. The molecule has 0 amide bonds. The molecule has 2 heteroatoms. The van der Waals surface area contributed by atoms with E-state index < -0.39 is 5.41 Å². The normalized spacial score (nSPS) is 13.8. The largest absolute Gasteiger partial charge is 0.345 e. The van der Waals surface area contributed by atoms with Gasteiger partial charge in [0.2, 0.25) is 0 Å². The molecule has 0 spiro atoms. The highest BCUT2D eigenvalue weighted by atomic mass is 15.1. The Labute approximate surface area is 614 Å². The number of fused-ring (bicyclic) bond motifs is 6. The summed E-state index contributed by atoms with van der Waals surface area (Å²) in [5, 5.41) is 0. The van der Waals surface area contributed by atoms with Gasteiger partial charge in [0.15, 0.2) is 0 Å². The van der Waals surface area contributed by atoms with Gasteiger partial charge in [-0.15, -0.1) is 0 Å². The van der Waals surface area contributed by atoms with Crippen molar-refractivity contribution in [3.63, 3.8) is 0 Å². The average molecular weight is 1340 g/mol. The number of rotatable bonds is 32. The number of aryl methyl sites for hydroxylation is 1. The first-order valence-corrected chi connectivity index (χ1v) is 39.4. The van der Waals surface area contributed by atoms with E-state index in [2.05, 4.69) is 334 Å². The van der Waals surface area contributed by atoms with E-state index in [1.165, 1.54) is 246 Å². The highest BCUT2D eigenvalue weighted by Crippen LogP contribution is 2.57. The third kappa shape index (κ3) is 14.3. The van der Waals surface area contributed by atoms with Crippen molar-refractivity contribution in [2.75, 3.05) is 23.9 Å². The highest BCUT2D eigenvalue weighted by molar-refractivity contribution is 5.86. The first-order valence-electron chi connectivity index (χ1n) is 39.4. The maximum Gasteiger partial charge on any atom is 0.0423 e. The molecule has 2 nitrogen and oxygen atoms in total. The SMILES string of the molecule is CCCCCCC1(CCCCCC)c2ccccc2-c2ccc(N(C)c3ccc(-c4ccc(C(C)(C)c5ccc(C(C)(c6ccc(-c7ccc(C)cc7)cc6)c6ccc(-c7ccc(N(C)c8ccc9c(c8)C(CCCCCC)(CCCCCC)c8ccccc8-9)cc7)cc6)cc5)cc4)cc3)cc21. The van der Waals surface area contributed by atoms with E-state index in [1.54, 1.807) is 16.7 Å². The molecule has 102 heavy (non-hydrogen) atoms. The monoisotopic (exact) mass is 1340 g/mol. The van der Waals surface area contributed by atoms with Gasteiger partial charge in [-0.25, -0.2) is 0 Å². The summed E-state index contributed by atoms with van der Waals surface area (Å²) in [6, 6.07) is 98.4. The van der Waals surface area contributed by atoms with E-state index in [-0.39, 0.29) is 16.2 Å². The molecule has 11 aromatic carbocycles. The van der Waals surface area contributed by atoms with Gasteiger partial charge >= 0.3 is 0 Å². The number of anilines is 4. The lowest BCUT2D eigenvalue weighted by molar-refractivity contribution is 0.401. The van der Waals surface area contributed by atoms with Crippen LogP contribution in [-0.4, -0.2) is 14.1 Å². The first-order chi connectivity index (χ1) is 49.7. The molecule has 1 atom stereocenters. The van der Waals surface area contributed by atoms with Gasteiger partial charge in [0.1, 0.15) is 0 Å². The Balaban J connectivity index is 0.729. The minimum atomic E-state index is -0.438. The van der Waals surface area contributed by atoms with Crippen molar-refractivity contribution in [2.24, 2.45) is 0 Å². The molecule has 0 saturated carbocycles. The zero-order chi connectivity index (χ0) is 70.9. The Morgan fingerprint density at radius 1 is 0.265 bits per heavy atom. The van der Waals surface area contributed by atoms with Crippen LogP contribution in [0.1, 0.15) is 233 Å². The molecule has 11 aromatic rings. The van der Waals surface area contributed by atoms with Gasteiger partial charge < -0.3 is 9.80 Å². The molecule has 0 bridgehead atoms. The number of hydrogen-bond donors (Lipinski definition) is 0. The molecular formula is C100H112N2. The zero-order valence-corrected chi connectivity index (χ0v) is 63.3. The molecule has 0 saturated heterocycles. The molecule has 2 aliphatic carbocycles. The van der Waals surface area contributed by atoms with Crippen molar-refractivity contribution in [2.45, 2.75) is 205 Å². The van der Waals surface area contributed by atoms with Crippen LogP contribution in [0.4, 0.5) is 22.7 Å². The molecule has 2 aliphatic rings. The third-order valence-corrected chi connectivity index (χ3v) is 24.4. The molecule has 0 radical (unpaired) electrons. The molecular weight excluding hydrogens is 1230 g/mol. The first kappa shape index (κ1) is 71.4. The molecule has 0 heterocycles. The van der Waals surface area contributed by atoms with Gasteiger partial charge in [0.25, 0.3) is 0 Å². The lowest BCUT2D eigenvalue weighted by Crippen LogP contribution is -2.26. The quantitative estimate of drug-likeness (QED) is 0.0306. The number of hydrogen-bond acceptors (Lipinski definition) is 2. The van der Waals surface area contributed by atoms with Crippen molar-refractivity contribution in [1.29, 1.82) is 0 Å². The van der Waals surface area contributed by atoms with E-state index in [0.29, 0.717) is 0 Å². The van der Waals surface area contributed by atoms with Crippen molar-refractivity contribution < 1.29 is 0 Å². The van der Waals surface area contributed by atoms with E-state index in [1.807, 2.05) is 0 Å². The second-order valence-electron chi connectivity index (χ2n) is 31.1. The average Bonchev–Trinajstić information content (AvgIpc) is 1.56. The summed E-state index contributed by atoms with van der Waals surface area (Å²) in [6.45, 7) is 18.6. The summed E-state index contributed by atoms with van der Waals surface area (Å²) in [5.41, 5.74) is 31.3. The number of nitrogens with zero attached hydrogens (tertiary/aromatic N) is 2. The van der Waals surface area contributed by atoms with Crippen molar-refractivity contribution in [1.82, 2.24) is 0 Å². The Kier molecular flexibility index (Phi) is 22.2. The summed E-state index contributed by atoms with van der Waals surface area (Å²) in [6.07, 6.45) is 25.5. The Morgan fingerprint density at radius 2 is 0.529 bits per heavy atom.